The molecule has 0 saturated carbocycles. The van der Waals surface area contributed by atoms with Gasteiger partial charge in [0.1, 0.15) is 21.8 Å². The van der Waals surface area contributed by atoms with Crippen molar-refractivity contribution in [2.24, 2.45) is 0 Å². The van der Waals surface area contributed by atoms with E-state index in [4.69, 9.17) is 17.0 Å². The largest absolute Gasteiger partial charge is 0.506 e. The summed E-state index contributed by atoms with van der Waals surface area (Å²) >= 11 is 5.13. The Labute approximate surface area is 141 Å². The van der Waals surface area contributed by atoms with Crippen LogP contribution in [0.4, 0.5) is 4.39 Å². The zero-order chi connectivity index (χ0) is 17.3. The smallest absolute Gasteiger partial charge is 0.344 e. The van der Waals surface area contributed by atoms with Gasteiger partial charge in [0.25, 0.3) is 0 Å². The fraction of sp³-hybridized carbons (Fsp3) is 0.118. The number of benzene rings is 1. The van der Waals surface area contributed by atoms with Crippen molar-refractivity contribution in [3.05, 3.63) is 52.7 Å². The monoisotopic (exact) mass is 344 g/mol. The fourth-order valence-corrected chi connectivity index (χ4v) is 2.73. The maximum atomic E-state index is 14.5. The molecule has 2 N–H and O–H groups in total. The highest BCUT2D eigenvalue weighted by molar-refractivity contribution is 7.71. The van der Waals surface area contributed by atoms with Gasteiger partial charge < -0.3 is 14.8 Å². The summed E-state index contributed by atoms with van der Waals surface area (Å²) in [5.41, 5.74) is 1.21. The summed E-state index contributed by atoms with van der Waals surface area (Å²) in [6, 6.07) is 6.04. The third kappa shape index (κ3) is 2.74. The Kier molecular flexibility index (Phi) is 4.26. The molecule has 2 aromatic heterocycles. The first-order valence-corrected chi connectivity index (χ1v) is 7.59. The normalized spacial score (nSPS) is 10.8. The minimum atomic E-state index is -0.753. The summed E-state index contributed by atoms with van der Waals surface area (Å²) in [5, 5.41) is 10.5. The average molecular weight is 344 g/mol. The van der Waals surface area contributed by atoms with Crippen molar-refractivity contribution in [2.45, 2.75) is 6.92 Å². The molecule has 0 fully saturated rings. The van der Waals surface area contributed by atoms with Gasteiger partial charge in [-0.2, -0.15) is 0 Å². The zero-order valence-electron chi connectivity index (χ0n) is 12.7. The van der Waals surface area contributed by atoms with E-state index in [0.29, 0.717) is 16.6 Å². The Balaban J connectivity index is 2.25. The molecule has 0 bridgehead atoms. The van der Waals surface area contributed by atoms with Crippen LogP contribution in [0.2, 0.25) is 0 Å². The summed E-state index contributed by atoms with van der Waals surface area (Å²) in [5.74, 6) is -1.69. The van der Waals surface area contributed by atoms with Gasteiger partial charge in [0.2, 0.25) is 0 Å². The molecule has 0 radical (unpaired) electrons. The highest BCUT2D eigenvalue weighted by atomic mass is 32.1. The number of H-pyrrole nitrogens is 1. The molecule has 3 rings (SSSR count). The average Bonchev–Trinajstić information content (AvgIpc) is 2.56. The van der Waals surface area contributed by atoms with Crippen molar-refractivity contribution in [3.8, 4) is 16.9 Å². The number of pyridine rings is 2. The minimum Gasteiger partial charge on any atom is -0.506 e. The Morgan fingerprint density at radius 2 is 2.08 bits per heavy atom. The summed E-state index contributed by atoms with van der Waals surface area (Å²) in [6.07, 6.45) is 3.12. The second-order valence-electron chi connectivity index (χ2n) is 5.01. The van der Waals surface area contributed by atoms with E-state index in [0.717, 1.165) is 6.07 Å². The van der Waals surface area contributed by atoms with Crippen LogP contribution < -0.4 is 0 Å². The topological polar surface area (TPSA) is 75.2 Å². The van der Waals surface area contributed by atoms with Crippen LogP contribution in [-0.2, 0) is 4.74 Å². The molecule has 0 atom stereocenters. The van der Waals surface area contributed by atoms with Gasteiger partial charge in [-0.15, -0.1) is 0 Å². The second kappa shape index (κ2) is 6.37. The van der Waals surface area contributed by atoms with Crippen molar-refractivity contribution >= 4 is 29.1 Å². The lowest BCUT2D eigenvalue weighted by molar-refractivity contribution is 0.0522. The number of nitrogens with one attached hydrogen (secondary N) is 1. The molecule has 2 heterocycles. The van der Waals surface area contributed by atoms with Gasteiger partial charge in [-0.05, 0) is 36.8 Å². The lowest BCUT2D eigenvalue weighted by Gasteiger charge is -2.10. The Bertz CT molecular complexity index is 987. The molecule has 0 spiro atoms. The van der Waals surface area contributed by atoms with Gasteiger partial charge in [-0.3, -0.25) is 4.98 Å². The number of esters is 1. The molecule has 7 heteroatoms. The van der Waals surface area contributed by atoms with Gasteiger partial charge in [0.15, 0.2) is 0 Å². The van der Waals surface area contributed by atoms with Gasteiger partial charge in [-0.1, -0.05) is 12.2 Å². The van der Waals surface area contributed by atoms with Crippen LogP contribution >= 0.6 is 12.2 Å². The number of ether oxygens (including phenoxy) is 1. The molecular weight excluding hydrogens is 331 g/mol. The predicted molar refractivity (Wildman–Crippen MR) is 89.9 cm³/mol. The zero-order valence-corrected chi connectivity index (χ0v) is 13.5. The minimum absolute atomic E-state index is 0.0331. The summed E-state index contributed by atoms with van der Waals surface area (Å²) in [6.45, 7) is 1.78. The first kappa shape index (κ1) is 16.1. The molecule has 0 amide bonds. The summed E-state index contributed by atoms with van der Waals surface area (Å²) in [4.78, 5) is 18.7. The molecular formula is C17H13FN2O3S. The first-order chi connectivity index (χ1) is 11.5. The van der Waals surface area contributed by atoms with Crippen LogP contribution in [0.15, 0.2) is 36.7 Å². The van der Waals surface area contributed by atoms with Crippen molar-refractivity contribution in [3.63, 3.8) is 0 Å². The van der Waals surface area contributed by atoms with Crippen molar-refractivity contribution in [1.82, 2.24) is 9.97 Å². The fourth-order valence-electron chi connectivity index (χ4n) is 2.44. The molecule has 0 aliphatic heterocycles. The van der Waals surface area contributed by atoms with E-state index in [-0.39, 0.29) is 22.2 Å². The number of hydrogen-bond donors (Lipinski definition) is 2. The lowest BCUT2D eigenvalue weighted by atomic mass is 10.0. The summed E-state index contributed by atoms with van der Waals surface area (Å²) < 4.78 is 19.4. The lowest BCUT2D eigenvalue weighted by Crippen LogP contribution is -2.07. The molecule has 0 unspecified atom stereocenters. The number of aromatic amines is 1. The quantitative estimate of drug-likeness (QED) is 0.555. The van der Waals surface area contributed by atoms with E-state index < -0.39 is 17.5 Å². The number of hydrogen-bond acceptors (Lipinski definition) is 5. The highest BCUT2D eigenvalue weighted by Gasteiger charge is 2.19. The number of carbonyl (C=O) groups excluding carboxylic acids is 1. The maximum Gasteiger partial charge on any atom is 0.344 e. The highest BCUT2D eigenvalue weighted by Crippen LogP contribution is 2.33. The third-order valence-corrected chi connectivity index (χ3v) is 3.85. The molecule has 3 aromatic rings. The number of carbonyl (C=O) groups is 1. The van der Waals surface area contributed by atoms with E-state index in [1.165, 1.54) is 6.07 Å². The number of aromatic nitrogens is 2. The van der Waals surface area contributed by atoms with E-state index in [2.05, 4.69) is 9.97 Å². The number of nitrogens with zero attached hydrogens (tertiary/aromatic N) is 1. The van der Waals surface area contributed by atoms with Crippen molar-refractivity contribution in [1.29, 1.82) is 0 Å². The van der Waals surface area contributed by atoms with Gasteiger partial charge >= 0.3 is 5.97 Å². The molecule has 24 heavy (non-hydrogen) atoms. The van der Waals surface area contributed by atoms with E-state index in [9.17, 15) is 14.3 Å². The molecule has 0 aliphatic carbocycles. The predicted octanol–water partition coefficient (Wildman–Crippen LogP) is 3.98. The van der Waals surface area contributed by atoms with Crippen LogP contribution in [0.5, 0.6) is 5.75 Å². The van der Waals surface area contributed by atoms with Crippen molar-refractivity contribution < 1.29 is 19.0 Å². The van der Waals surface area contributed by atoms with E-state index in [1.54, 1.807) is 31.5 Å². The van der Waals surface area contributed by atoms with E-state index in [1.807, 2.05) is 0 Å². The Morgan fingerprint density at radius 3 is 2.75 bits per heavy atom. The standard InChI is InChI=1S/C17H13FN2O3S/c1-2-23-17(22)14-15(21)11-7-12(18)10(8-13(11)20-16(14)24)9-3-5-19-6-4-9/h3-8H,2H2,1H3,(H2,20,21,24). The van der Waals surface area contributed by atoms with Crippen LogP contribution in [0.3, 0.4) is 0 Å². The number of halogens is 1. The van der Waals surface area contributed by atoms with Gasteiger partial charge in [-0.25, -0.2) is 9.18 Å². The molecule has 122 valence electrons. The van der Waals surface area contributed by atoms with Crippen LogP contribution in [0.1, 0.15) is 17.3 Å². The maximum absolute atomic E-state index is 14.5. The number of fused-ring (bicyclic) bond motifs is 1. The molecule has 0 saturated heterocycles. The van der Waals surface area contributed by atoms with Gasteiger partial charge in [0, 0.05) is 23.3 Å². The molecule has 0 aliphatic rings. The first-order valence-electron chi connectivity index (χ1n) is 7.19. The van der Waals surface area contributed by atoms with Crippen LogP contribution in [-0.4, -0.2) is 27.7 Å². The second-order valence-corrected chi connectivity index (χ2v) is 5.42. The molecule has 5 nitrogen and oxygen atoms in total. The summed E-state index contributed by atoms with van der Waals surface area (Å²) in [7, 11) is 0. The Hall–Kier alpha value is -2.80. The van der Waals surface area contributed by atoms with Gasteiger partial charge in [0.05, 0.1) is 12.1 Å². The van der Waals surface area contributed by atoms with Crippen molar-refractivity contribution in [2.75, 3.05) is 6.61 Å². The van der Waals surface area contributed by atoms with Crippen LogP contribution in [0, 0.1) is 10.5 Å². The SMILES string of the molecule is CCOC(=O)c1c(O)c2cc(F)c(-c3ccncc3)cc2[nH]c1=S. The van der Waals surface area contributed by atoms with Crippen LogP contribution in [0.25, 0.3) is 22.0 Å². The van der Waals surface area contributed by atoms with E-state index >= 15 is 0 Å². The molecule has 1 aromatic carbocycles. The number of aromatic hydroxyl groups is 1. The third-order valence-electron chi connectivity index (χ3n) is 3.55. The Morgan fingerprint density at radius 1 is 1.38 bits per heavy atom. The number of rotatable bonds is 3.